The molecule has 6 nitrogen and oxygen atoms in total. The van der Waals surface area contributed by atoms with E-state index in [0.717, 1.165) is 56.4 Å². The fraction of sp³-hybridized carbons (Fsp3) is 0.684. The molecule has 1 aliphatic rings. The zero-order valence-electron chi connectivity index (χ0n) is 16.2. The molecule has 2 rings (SSSR count). The number of anilines is 1. The highest BCUT2D eigenvalue weighted by Gasteiger charge is 2.19. The maximum Gasteiger partial charge on any atom is 0.191 e. The number of hydrogen-bond donors (Lipinski definition) is 3. The van der Waals surface area contributed by atoms with Gasteiger partial charge in [0.2, 0.25) is 0 Å². The minimum absolute atomic E-state index is 0. The summed E-state index contributed by atoms with van der Waals surface area (Å²) in [6.45, 7) is 11.1. The molecule has 0 amide bonds. The summed E-state index contributed by atoms with van der Waals surface area (Å²) in [6, 6.07) is 4.19. The molecule has 2 heterocycles. The summed E-state index contributed by atoms with van der Waals surface area (Å²) in [5, 5.41) is 15.9. The molecular weight excluding hydrogens is 441 g/mol. The van der Waals surface area contributed by atoms with E-state index >= 15 is 0 Å². The lowest BCUT2D eigenvalue weighted by molar-refractivity contribution is 0.203. The smallest absolute Gasteiger partial charge is 0.191 e. The zero-order chi connectivity index (χ0) is 18.1. The van der Waals surface area contributed by atoms with E-state index in [2.05, 4.69) is 58.4 Å². The number of aliphatic hydroxyl groups is 1. The van der Waals surface area contributed by atoms with Crippen LogP contribution in [0.1, 0.15) is 39.2 Å². The van der Waals surface area contributed by atoms with Crippen LogP contribution < -0.4 is 15.5 Å². The van der Waals surface area contributed by atoms with Crippen LogP contribution in [-0.4, -0.2) is 48.8 Å². The van der Waals surface area contributed by atoms with Crippen molar-refractivity contribution in [2.45, 2.75) is 40.2 Å². The third-order valence-corrected chi connectivity index (χ3v) is 4.45. The fourth-order valence-corrected chi connectivity index (χ4v) is 2.85. The second-order valence-electron chi connectivity index (χ2n) is 7.11. The summed E-state index contributed by atoms with van der Waals surface area (Å²) < 4.78 is 0. The summed E-state index contributed by atoms with van der Waals surface area (Å²) in [6.07, 6.45) is 4.00. The van der Waals surface area contributed by atoms with Gasteiger partial charge in [0, 0.05) is 39.0 Å². The van der Waals surface area contributed by atoms with Crippen LogP contribution in [0, 0.1) is 11.8 Å². The Balaban J connectivity index is 0.00000338. The van der Waals surface area contributed by atoms with Gasteiger partial charge in [-0.15, -0.1) is 24.0 Å². The highest BCUT2D eigenvalue weighted by atomic mass is 127. The van der Waals surface area contributed by atoms with Crippen molar-refractivity contribution in [3.05, 3.63) is 23.9 Å². The van der Waals surface area contributed by atoms with Crippen LogP contribution in [0.15, 0.2) is 23.3 Å². The van der Waals surface area contributed by atoms with Crippen molar-refractivity contribution < 1.29 is 5.11 Å². The molecule has 1 fully saturated rings. The molecule has 0 bridgehead atoms. The molecule has 7 heteroatoms. The van der Waals surface area contributed by atoms with Crippen molar-refractivity contribution in [2.75, 3.05) is 37.7 Å². The summed E-state index contributed by atoms with van der Waals surface area (Å²) in [4.78, 5) is 11.5. The van der Waals surface area contributed by atoms with Gasteiger partial charge in [-0.2, -0.15) is 0 Å². The monoisotopic (exact) mass is 475 g/mol. The van der Waals surface area contributed by atoms with Gasteiger partial charge in [-0.25, -0.2) is 9.98 Å². The lowest BCUT2D eigenvalue weighted by atomic mass is 9.98. The third-order valence-electron chi connectivity index (χ3n) is 4.45. The van der Waals surface area contributed by atoms with E-state index in [9.17, 15) is 5.11 Å². The van der Waals surface area contributed by atoms with Crippen LogP contribution >= 0.6 is 24.0 Å². The van der Waals surface area contributed by atoms with Gasteiger partial charge in [-0.1, -0.05) is 19.9 Å². The van der Waals surface area contributed by atoms with Crippen molar-refractivity contribution >= 4 is 35.8 Å². The van der Waals surface area contributed by atoms with Crippen molar-refractivity contribution in [1.29, 1.82) is 0 Å². The molecule has 26 heavy (non-hydrogen) atoms. The summed E-state index contributed by atoms with van der Waals surface area (Å²) in [7, 11) is 0. The van der Waals surface area contributed by atoms with Gasteiger partial charge in [0.15, 0.2) is 5.96 Å². The largest absolute Gasteiger partial charge is 0.396 e. The zero-order valence-corrected chi connectivity index (χ0v) is 18.6. The minimum Gasteiger partial charge on any atom is -0.396 e. The molecule has 0 radical (unpaired) electrons. The van der Waals surface area contributed by atoms with Crippen LogP contribution in [0.2, 0.25) is 0 Å². The Labute approximate surface area is 174 Å². The Morgan fingerprint density at radius 3 is 2.58 bits per heavy atom. The average Bonchev–Trinajstić information content (AvgIpc) is 2.64. The van der Waals surface area contributed by atoms with E-state index < -0.39 is 0 Å². The first-order chi connectivity index (χ1) is 12.1. The molecule has 0 spiro atoms. The first-order valence-corrected chi connectivity index (χ1v) is 9.45. The number of nitrogens with zero attached hydrogens (tertiary/aromatic N) is 3. The van der Waals surface area contributed by atoms with Crippen LogP contribution in [0.4, 0.5) is 5.82 Å². The molecule has 1 aromatic rings. The van der Waals surface area contributed by atoms with Gasteiger partial charge in [0.1, 0.15) is 5.82 Å². The predicted molar refractivity (Wildman–Crippen MR) is 119 cm³/mol. The molecule has 0 unspecified atom stereocenters. The molecule has 0 atom stereocenters. The highest BCUT2D eigenvalue weighted by molar-refractivity contribution is 14.0. The number of pyridine rings is 1. The molecule has 1 saturated heterocycles. The van der Waals surface area contributed by atoms with Crippen LogP contribution in [-0.2, 0) is 6.54 Å². The Hall–Kier alpha value is -1.09. The number of halogens is 1. The molecule has 148 valence electrons. The van der Waals surface area contributed by atoms with Crippen LogP contribution in [0.5, 0.6) is 0 Å². The molecule has 1 aromatic heterocycles. The Bertz CT molecular complexity index is 527. The van der Waals surface area contributed by atoms with Gasteiger partial charge >= 0.3 is 0 Å². The van der Waals surface area contributed by atoms with E-state index in [4.69, 9.17) is 0 Å². The maximum absolute atomic E-state index is 9.24. The molecule has 3 N–H and O–H groups in total. The topological polar surface area (TPSA) is 72.8 Å². The molecule has 0 aliphatic carbocycles. The molecule has 0 saturated carbocycles. The number of rotatable bonds is 7. The highest BCUT2D eigenvalue weighted by Crippen LogP contribution is 2.21. The molecule has 1 aliphatic heterocycles. The lowest BCUT2D eigenvalue weighted by Gasteiger charge is -2.31. The Morgan fingerprint density at radius 1 is 1.31 bits per heavy atom. The Morgan fingerprint density at radius 2 is 2.04 bits per heavy atom. The normalized spacial score (nSPS) is 15.7. The molecular formula is C19H34IN5O. The SMILES string of the molecule is CCNC(=NCc1ccc(N2CCC(CO)CC2)nc1)NCC(C)C.I. The Kier molecular flexibility index (Phi) is 10.9. The number of nitrogens with one attached hydrogen (secondary N) is 2. The van der Waals surface area contributed by atoms with Gasteiger partial charge in [-0.05, 0) is 43.2 Å². The fourth-order valence-electron chi connectivity index (χ4n) is 2.85. The maximum atomic E-state index is 9.24. The quantitative estimate of drug-likeness (QED) is 0.321. The number of aliphatic imine (C=N–C) groups is 1. The third kappa shape index (κ3) is 7.65. The van der Waals surface area contributed by atoms with E-state index in [0.29, 0.717) is 25.0 Å². The van der Waals surface area contributed by atoms with Gasteiger partial charge in [-0.3, -0.25) is 0 Å². The van der Waals surface area contributed by atoms with Gasteiger partial charge in [0.05, 0.1) is 6.54 Å². The van der Waals surface area contributed by atoms with E-state index in [1.165, 1.54) is 0 Å². The number of aliphatic hydroxyl groups excluding tert-OH is 1. The van der Waals surface area contributed by atoms with E-state index in [1.807, 2.05) is 6.20 Å². The van der Waals surface area contributed by atoms with Crippen molar-refractivity contribution in [3.63, 3.8) is 0 Å². The predicted octanol–water partition coefficient (Wildman–Crippen LogP) is 2.62. The number of aromatic nitrogens is 1. The summed E-state index contributed by atoms with van der Waals surface area (Å²) in [5.41, 5.74) is 1.11. The average molecular weight is 475 g/mol. The summed E-state index contributed by atoms with van der Waals surface area (Å²) in [5.74, 6) is 2.91. The first-order valence-electron chi connectivity index (χ1n) is 9.45. The van der Waals surface area contributed by atoms with Crippen LogP contribution in [0.25, 0.3) is 0 Å². The first kappa shape index (κ1) is 23.0. The van der Waals surface area contributed by atoms with E-state index in [1.54, 1.807) is 0 Å². The van der Waals surface area contributed by atoms with Gasteiger partial charge in [0.25, 0.3) is 0 Å². The number of guanidine groups is 1. The second-order valence-corrected chi connectivity index (χ2v) is 7.11. The molecule has 0 aromatic carbocycles. The van der Waals surface area contributed by atoms with E-state index in [-0.39, 0.29) is 24.0 Å². The van der Waals surface area contributed by atoms with Crippen molar-refractivity contribution in [3.8, 4) is 0 Å². The summed E-state index contributed by atoms with van der Waals surface area (Å²) >= 11 is 0. The second kappa shape index (κ2) is 12.3. The minimum atomic E-state index is 0. The van der Waals surface area contributed by atoms with Crippen LogP contribution in [0.3, 0.4) is 0 Å². The van der Waals surface area contributed by atoms with Gasteiger partial charge < -0.3 is 20.6 Å². The standard InChI is InChI=1S/C19H33N5O.HI/c1-4-20-19(22-11-15(2)3)23-13-17-5-6-18(21-12-17)24-9-7-16(14-25)8-10-24;/h5-6,12,15-16,25H,4,7-11,13-14H2,1-3H3,(H2,20,22,23);1H. The lowest BCUT2D eigenvalue weighted by Crippen LogP contribution is -2.39. The number of piperidine rings is 1. The van der Waals surface area contributed by atoms with Crippen molar-refractivity contribution in [2.24, 2.45) is 16.8 Å². The number of hydrogen-bond acceptors (Lipinski definition) is 4. The van der Waals surface area contributed by atoms with Crippen molar-refractivity contribution in [1.82, 2.24) is 15.6 Å².